The molecular weight excluding hydrogens is 330 g/mol. The summed E-state index contributed by atoms with van der Waals surface area (Å²) in [6.45, 7) is 1.63. The monoisotopic (exact) mass is 341 g/mol. The summed E-state index contributed by atoms with van der Waals surface area (Å²) >= 11 is 5.87. The second kappa shape index (κ2) is 7.40. The van der Waals surface area contributed by atoms with Crippen LogP contribution in [0.4, 0.5) is 11.4 Å². The molecule has 1 N–H and O–H groups in total. The molecule has 0 unspecified atom stereocenters. The van der Waals surface area contributed by atoms with Gasteiger partial charge in [-0.15, -0.1) is 0 Å². The number of carbonyl (C=O) groups is 1. The molecule has 0 aromatic heterocycles. The second-order valence-electron chi connectivity index (χ2n) is 4.94. The number of halogens is 1. The zero-order valence-electron chi connectivity index (χ0n) is 12.6. The average molecular weight is 342 g/mol. The Labute approximate surface area is 143 Å². The highest BCUT2D eigenvalue weighted by Crippen LogP contribution is 2.22. The third-order valence-electron chi connectivity index (χ3n) is 3.19. The smallest absolute Gasteiger partial charge is 0.269 e. The van der Waals surface area contributed by atoms with Crippen LogP contribution in [0.15, 0.2) is 48.0 Å². The number of hydrogen-bond acceptors (Lipinski definition) is 4. The molecule has 0 aliphatic heterocycles. The Morgan fingerprint density at radius 2 is 2.08 bits per heavy atom. The van der Waals surface area contributed by atoms with E-state index in [0.29, 0.717) is 21.8 Å². The molecule has 2 aromatic carbocycles. The molecule has 0 bridgehead atoms. The van der Waals surface area contributed by atoms with Crippen LogP contribution < -0.4 is 5.32 Å². The topological polar surface area (TPSA) is 96.0 Å². The van der Waals surface area contributed by atoms with Crippen molar-refractivity contribution in [1.29, 1.82) is 5.26 Å². The molecule has 0 heterocycles. The molecule has 0 fully saturated rings. The minimum absolute atomic E-state index is 0.0690. The number of carbonyl (C=O) groups excluding carboxylic acids is 1. The molecule has 120 valence electrons. The molecule has 7 heteroatoms. The van der Waals surface area contributed by atoms with Crippen LogP contribution in [0.2, 0.25) is 5.02 Å². The van der Waals surface area contributed by atoms with Gasteiger partial charge in [0, 0.05) is 22.8 Å². The van der Waals surface area contributed by atoms with Crippen molar-refractivity contribution in [3.63, 3.8) is 0 Å². The standard InChI is InChI=1S/C17H12ClN3O3/c1-11-7-15(21(23)24)5-6-16(11)20-17(22)13(10-19)8-12-3-2-4-14(18)9-12/h2-9H,1H3,(H,20,22)/b13-8+. The SMILES string of the molecule is Cc1cc([N+](=O)[O-])ccc1NC(=O)/C(C#N)=C/c1cccc(Cl)c1. The molecule has 0 radical (unpaired) electrons. The van der Waals surface area contributed by atoms with Crippen LogP contribution in [-0.2, 0) is 4.79 Å². The fourth-order valence-corrected chi connectivity index (χ4v) is 2.20. The lowest BCUT2D eigenvalue weighted by Crippen LogP contribution is -2.14. The van der Waals surface area contributed by atoms with Gasteiger partial charge in [0.05, 0.1) is 4.92 Å². The highest BCUT2D eigenvalue weighted by Gasteiger charge is 2.13. The summed E-state index contributed by atoms with van der Waals surface area (Å²) in [6, 6.07) is 12.6. The summed E-state index contributed by atoms with van der Waals surface area (Å²) in [6.07, 6.45) is 1.42. The van der Waals surface area contributed by atoms with Crippen LogP contribution in [0.25, 0.3) is 6.08 Å². The first-order valence-corrected chi connectivity index (χ1v) is 7.22. The number of aryl methyl sites for hydroxylation is 1. The number of non-ortho nitro benzene ring substituents is 1. The van der Waals surface area contributed by atoms with E-state index in [1.165, 1.54) is 24.3 Å². The van der Waals surface area contributed by atoms with Gasteiger partial charge in [-0.1, -0.05) is 23.7 Å². The zero-order chi connectivity index (χ0) is 17.7. The molecule has 0 aliphatic carbocycles. The summed E-state index contributed by atoms with van der Waals surface area (Å²) in [5.41, 5.74) is 1.38. The molecule has 24 heavy (non-hydrogen) atoms. The molecule has 0 aliphatic rings. The highest BCUT2D eigenvalue weighted by molar-refractivity contribution is 6.30. The molecule has 1 amide bonds. The van der Waals surface area contributed by atoms with Crippen molar-refractivity contribution >= 4 is 35.0 Å². The Morgan fingerprint density at radius 1 is 1.33 bits per heavy atom. The lowest BCUT2D eigenvalue weighted by Gasteiger charge is -2.07. The van der Waals surface area contributed by atoms with Gasteiger partial charge in [0.2, 0.25) is 0 Å². The van der Waals surface area contributed by atoms with Gasteiger partial charge in [-0.2, -0.15) is 5.26 Å². The van der Waals surface area contributed by atoms with Gasteiger partial charge in [-0.3, -0.25) is 14.9 Å². The minimum Gasteiger partial charge on any atom is -0.321 e. The maximum atomic E-state index is 12.2. The highest BCUT2D eigenvalue weighted by atomic mass is 35.5. The average Bonchev–Trinajstić information content (AvgIpc) is 2.54. The Morgan fingerprint density at radius 3 is 2.67 bits per heavy atom. The number of rotatable bonds is 4. The molecule has 0 atom stereocenters. The summed E-state index contributed by atoms with van der Waals surface area (Å²) in [5.74, 6) is -0.602. The van der Waals surface area contributed by atoms with Gasteiger partial charge in [0.25, 0.3) is 11.6 Å². The predicted octanol–water partition coefficient (Wildman–Crippen LogP) is 4.10. The van der Waals surface area contributed by atoms with Crippen molar-refractivity contribution in [1.82, 2.24) is 0 Å². The number of nitriles is 1. The number of nitro groups is 1. The van der Waals surface area contributed by atoms with Crippen molar-refractivity contribution in [2.24, 2.45) is 0 Å². The van der Waals surface area contributed by atoms with Gasteiger partial charge in [-0.05, 0) is 42.3 Å². The van der Waals surface area contributed by atoms with E-state index in [-0.39, 0.29) is 11.3 Å². The van der Waals surface area contributed by atoms with Crippen LogP contribution in [0, 0.1) is 28.4 Å². The first-order chi connectivity index (χ1) is 11.4. The van der Waals surface area contributed by atoms with Crippen molar-refractivity contribution in [2.75, 3.05) is 5.32 Å². The van der Waals surface area contributed by atoms with Crippen LogP contribution in [0.1, 0.15) is 11.1 Å². The van der Waals surface area contributed by atoms with Crippen molar-refractivity contribution in [3.05, 3.63) is 74.3 Å². The van der Waals surface area contributed by atoms with Crippen LogP contribution in [-0.4, -0.2) is 10.8 Å². The largest absolute Gasteiger partial charge is 0.321 e. The first kappa shape index (κ1) is 17.2. The summed E-state index contributed by atoms with van der Waals surface area (Å²) < 4.78 is 0. The third-order valence-corrected chi connectivity index (χ3v) is 3.43. The van der Waals surface area contributed by atoms with Crippen LogP contribution in [0.5, 0.6) is 0 Å². The third kappa shape index (κ3) is 4.18. The van der Waals surface area contributed by atoms with E-state index in [4.69, 9.17) is 11.6 Å². The van der Waals surface area contributed by atoms with Gasteiger partial charge in [0.1, 0.15) is 11.6 Å². The van der Waals surface area contributed by atoms with E-state index < -0.39 is 10.8 Å². The quantitative estimate of drug-likeness (QED) is 0.392. The number of nitrogens with zero attached hydrogens (tertiary/aromatic N) is 2. The Bertz CT molecular complexity index is 885. The van der Waals surface area contributed by atoms with E-state index in [2.05, 4.69) is 5.32 Å². The summed E-state index contributed by atoms with van der Waals surface area (Å²) in [4.78, 5) is 22.4. The zero-order valence-corrected chi connectivity index (χ0v) is 13.4. The lowest BCUT2D eigenvalue weighted by atomic mass is 10.1. The van der Waals surface area contributed by atoms with Gasteiger partial charge < -0.3 is 5.32 Å². The van der Waals surface area contributed by atoms with E-state index >= 15 is 0 Å². The van der Waals surface area contributed by atoms with Crippen molar-refractivity contribution in [3.8, 4) is 6.07 Å². The van der Waals surface area contributed by atoms with Gasteiger partial charge >= 0.3 is 0 Å². The predicted molar refractivity (Wildman–Crippen MR) is 91.5 cm³/mol. The number of nitro benzene ring substituents is 1. The Hall–Kier alpha value is -3.17. The fourth-order valence-electron chi connectivity index (χ4n) is 2.00. The Balaban J connectivity index is 2.24. The van der Waals surface area contributed by atoms with E-state index in [1.54, 1.807) is 31.2 Å². The number of nitrogens with one attached hydrogen (secondary N) is 1. The lowest BCUT2D eigenvalue weighted by molar-refractivity contribution is -0.384. The van der Waals surface area contributed by atoms with E-state index in [9.17, 15) is 20.2 Å². The summed E-state index contributed by atoms with van der Waals surface area (Å²) in [7, 11) is 0. The maximum absolute atomic E-state index is 12.2. The first-order valence-electron chi connectivity index (χ1n) is 6.84. The molecule has 2 aromatic rings. The number of hydrogen-bond donors (Lipinski definition) is 1. The van der Waals surface area contributed by atoms with Crippen LogP contribution >= 0.6 is 11.6 Å². The molecule has 0 saturated heterocycles. The van der Waals surface area contributed by atoms with E-state index in [1.807, 2.05) is 6.07 Å². The Kier molecular flexibility index (Phi) is 5.30. The molecule has 2 rings (SSSR count). The minimum atomic E-state index is -0.602. The number of anilines is 1. The van der Waals surface area contributed by atoms with Gasteiger partial charge in [0.15, 0.2) is 0 Å². The van der Waals surface area contributed by atoms with Crippen molar-refractivity contribution in [2.45, 2.75) is 6.92 Å². The van der Waals surface area contributed by atoms with Crippen LogP contribution in [0.3, 0.4) is 0 Å². The van der Waals surface area contributed by atoms with Gasteiger partial charge in [-0.25, -0.2) is 0 Å². The van der Waals surface area contributed by atoms with Crippen molar-refractivity contribution < 1.29 is 9.72 Å². The maximum Gasteiger partial charge on any atom is 0.269 e. The molecule has 0 spiro atoms. The molecule has 6 nitrogen and oxygen atoms in total. The summed E-state index contributed by atoms with van der Waals surface area (Å²) in [5, 5.41) is 23.0. The molecular formula is C17H12ClN3O3. The number of benzene rings is 2. The number of amides is 1. The van der Waals surface area contributed by atoms with E-state index in [0.717, 1.165) is 0 Å². The fraction of sp³-hybridized carbons (Fsp3) is 0.0588. The molecule has 0 saturated carbocycles. The second-order valence-corrected chi connectivity index (χ2v) is 5.37. The normalized spacial score (nSPS) is 10.8.